The number of carbonyl (C=O) groups is 2. The van der Waals surface area contributed by atoms with E-state index in [2.05, 4.69) is 5.32 Å². The Hall–Kier alpha value is -2.47. The van der Waals surface area contributed by atoms with Crippen LogP contribution in [0, 0.1) is 6.92 Å². The Labute approximate surface area is 202 Å². The fraction of sp³-hybridized carbons (Fsp3) is 0.481. The number of nitrogens with zero attached hydrogens (tertiary/aromatic N) is 1. The first-order valence-corrected chi connectivity index (χ1v) is 13.0. The van der Waals surface area contributed by atoms with Gasteiger partial charge in [-0.1, -0.05) is 61.2 Å². The van der Waals surface area contributed by atoms with Gasteiger partial charge in [0.05, 0.1) is 12.9 Å². The van der Waals surface area contributed by atoms with E-state index in [0.29, 0.717) is 12.3 Å². The van der Waals surface area contributed by atoms with Crippen LogP contribution < -0.4 is 10.1 Å². The first kappa shape index (κ1) is 25.2. The zero-order chi connectivity index (χ0) is 23.6. The van der Waals surface area contributed by atoms with Crippen LogP contribution in [-0.4, -0.2) is 41.7 Å². The second-order valence-electron chi connectivity index (χ2n) is 8.87. The molecule has 0 heterocycles. The maximum Gasteiger partial charge on any atom is 0.242 e. The van der Waals surface area contributed by atoms with E-state index in [1.165, 1.54) is 12.0 Å². The summed E-state index contributed by atoms with van der Waals surface area (Å²) >= 11 is 1.57. The van der Waals surface area contributed by atoms with Gasteiger partial charge in [-0.15, -0.1) is 11.8 Å². The molecule has 2 aromatic carbocycles. The standard InChI is InChI=1S/C27H36N2O3S/c1-20-9-11-22(12-10-20)17-29(21(2)27(31)28-24-7-5-4-6-8-24)26(30)19-33-18-23-13-15-25(32-3)16-14-23/h9-16,21,24H,4-8,17-19H2,1-3H3,(H,28,31)/t21-/m1/s1. The van der Waals surface area contributed by atoms with Crippen molar-refractivity contribution in [3.8, 4) is 5.75 Å². The number of nitrogens with one attached hydrogen (secondary N) is 1. The number of carbonyl (C=O) groups excluding carboxylic acids is 2. The van der Waals surface area contributed by atoms with Crippen molar-refractivity contribution in [2.75, 3.05) is 12.9 Å². The molecular formula is C27H36N2O3S. The van der Waals surface area contributed by atoms with E-state index in [0.717, 1.165) is 48.3 Å². The van der Waals surface area contributed by atoms with Crippen molar-refractivity contribution < 1.29 is 14.3 Å². The summed E-state index contributed by atoms with van der Waals surface area (Å²) in [5.74, 6) is 1.82. The van der Waals surface area contributed by atoms with E-state index in [1.807, 2.05) is 62.4 Å². The molecular weight excluding hydrogens is 432 g/mol. The Morgan fingerprint density at radius 3 is 2.30 bits per heavy atom. The van der Waals surface area contributed by atoms with Crippen molar-refractivity contribution >= 4 is 23.6 Å². The molecule has 3 rings (SSSR count). The molecule has 1 saturated carbocycles. The van der Waals surface area contributed by atoms with Gasteiger partial charge in [-0.2, -0.15) is 0 Å². The highest BCUT2D eigenvalue weighted by molar-refractivity contribution is 7.99. The number of amides is 2. The average molecular weight is 469 g/mol. The topological polar surface area (TPSA) is 58.6 Å². The van der Waals surface area contributed by atoms with Gasteiger partial charge in [-0.3, -0.25) is 9.59 Å². The van der Waals surface area contributed by atoms with Crippen molar-refractivity contribution in [2.45, 2.75) is 70.3 Å². The van der Waals surface area contributed by atoms with Crippen LogP contribution >= 0.6 is 11.8 Å². The third-order valence-corrected chi connectivity index (χ3v) is 7.23. The lowest BCUT2D eigenvalue weighted by Gasteiger charge is -2.31. The van der Waals surface area contributed by atoms with Gasteiger partial charge in [-0.25, -0.2) is 0 Å². The normalized spacial score (nSPS) is 15.0. The summed E-state index contributed by atoms with van der Waals surface area (Å²) in [7, 11) is 1.65. The molecule has 0 bridgehead atoms. The van der Waals surface area contributed by atoms with E-state index in [4.69, 9.17) is 4.74 Å². The summed E-state index contributed by atoms with van der Waals surface area (Å²) < 4.78 is 5.20. The largest absolute Gasteiger partial charge is 0.497 e. The van der Waals surface area contributed by atoms with E-state index in [1.54, 1.807) is 23.8 Å². The highest BCUT2D eigenvalue weighted by Gasteiger charge is 2.28. The number of methoxy groups -OCH3 is 1. The molecule has 1 fully saturated rings. The smallest absolute Gasteiger partial charge is 0.242 e. The van der Waals surface area contributed by atoms with E-state index < -0.39 is 6.04 Å². The minimum atomic E-state index is -0.512. The molecule has 2 aromatic rings. The van der Waals surface area contributed by atoms with Gasteiger partial charge in [0.25, 0.3) is 0 Å². The third-order valence-electron chi connectivity index (χ3n) is 6.25. The number of aryl methyl sites for hydroxylation is 1. The number of hydrogen-bond donors (Lipinski definition) is 1. The molecule has 5 nitrogen and oxygen atoms in total. The maximum absolute atomic E-state index is 13.2. The predicted molar refractivity (Wildman–Crippen MR) is 135 cm³/mol. The number of hydrogen-bond acceptors (Lipinski definition) is 4. The van der Waals surface area contributed by atoms with Crippen LogP contribution in [0.1, 0.15) is 55.7 Å². The Morgan fingerprint density at radius 2 is 1.67 bits per heavy atom. The minimum Gasteiger partial charge on any atom is -0.497 e. The molecule has 1 aliphatic rings. The van der Waals surface area contributed by atoms with Crippen molar-refractivity contribution in [3.05, 3.63) is 65.2 Å². The van der Waals surface area contributed by atoms with Gasteiger partial charge in [0, 0.05) is 18.3 Å². The summed E-state index contributed by atoms with van der Waals surface area (Å²) in [5, 5.41) is 3.19. The van der Waals surface area contributed by atoms with E-state index in [-0.39, 0.29) is 17.9 Å². The molecule has 0 spiro atoms. The van der Waals surface area contributed by atoms with Gasteiger partial charge in [0.1, 0.15) is 11.8 Å². The maximum atomic E-state index is 13.2. The lowest BCUT2D eigenvalue weighted by molar-refractivity contribution is -0.139. The van der Waals surface area contributed by atoms with Crippen molar-refractivity contribution in [3.63, 3.8) is 0 Å². The van der Waals surface area contributed by atoms with Gasteiger partial charge >= 0.3 is 0 Å². The number of ether oxygens (including phenoxy) is 1. The molecule has 6 heteroatoms. The van der Waals surface area contributed by atoms with Gasteiger partial charge in [0.15, 0.2) is 0 Å². The summed E-state index contributed by atoms with van der Waals surface area (Å²) in [6, 6.07) is 15.8. The lowest BCUT2D eigenvalue weighted by Crippen LogP contribution is -2.50. The van der Waals surface area contributed by atoms with Crippen molar-refractivity contribution in [1.29, 1.82) is 0 Å². The molecule has 1 aliphatic carbocycles. The summed E-state index contributed by atoms with van der Waals surface area (Å²) in [6.45, 7) is 4.32. The average Bonchev–Trinajstić information content (AvgIpc) is 2.84. The van der Waals surface area contributed by atoms with Crippen LogP contribution in [0.25, 0.3) is 0 Å². The van der Waals surface area contributed by atoms with Crippen molar-refractivity contribution in [1.82, 2.24) is 10.2 Å². The zero-order valence-electron chi connectivity index (χ0n) is 20.0. The van der Waals surface area contributed by atoms with Crippen LogP contribution in [0.2, 0.25) is 0 Å². The summed E-state index contributed by atoms with van der Waals surface area (Å²) in [4.78, 5) is 28.0. The van der Waals surface area contributed by atoms with Gasteiger partial charge in [0.2, 0.25) is 11.8 Å². The molecule has 178 valence electrons. The van der Waals surface area contributed by atoms with Crippen LogP contribution in [0.15, 0.2) is 48.5 Å². The Balaban J connectivity index is 1.63. The van der Waals surface area contributed by atoms with Crippen molar-refractivity contribution in [2.24, 2.45) is 0 Å². The molecule has 0 aromatic heterocycles. The molecule has 0 aliphatic heterocycles. The quantitative estimate of drug-likeness (QED) is 0.527. The summed E-state index contributed by atoms with van der Waals surface area (Å²) in [5.41, 5.74) is 3.35. The minimum absolute atomic E-state index is 0.0135. The SMILES string of the molecule is COc1ccc(CSCC(=O)N(Cc2ccc(C)cc2)[C@H](C)C(=O)NC2CCCCC2)cc1. The predicted octanol–water partition coefficient (Wildman–Crippen LogP) is 5.10. The zero-order valence-corrected chi connectivity index (χ0v) is 20.8. The Bertz CT molecular complexity index is 893. The Morgan fingerprint density at radius 1 is 1.03 bits per heavy atom. The first-order chi connectivity index (χ1) is 16.0. The molecule has 0 radical (unpaired) electrons. The van der Waals surface area contributed by atoms with Crippen LogP contribution in [0.3, 0.4) is 0 Å². The fourth-order valence-electron chi connectivity index (χ4n) is 4.10. The van der Waals surface area contributed by atoms with Gasteiger partial charge < -0.3 is 15.0 Å². The Kier molecular flexibility index (Phi) is 9.67. The van der Waals surface area contributed by atoms with E-state index in [9.17, 15) is 9.59 Å². The molecule has 0 unspecified atom stereocenters. The number of benzene rings is 2. The number of thioether (sulfide) groups is 1. The molecule has 33 heavy (non-hydrogen) atoms. The number of rotatable bonds is 10. The highest BCUT2D eigenvalue weighted by Crippen LogP contribution is 2.20. The molecule has 1 N–H and O–H groups in total. The lowest BCUT2D eigenvalue weighted by atomic mass is 9.95. The monoisotopic (exact) mass is 468 g/mol. The third kappa shape index (κ3) is 7.81. The summed E-state index contributed by atoms with van der Waals surface area (Å²) in [6.07, 6.45) is 5.62. The van der Waals surface area contributed by atoms with Crippen LogP contribution in [-0.2, 0) is 21.9 Å². The van der Waals surface area contributed by atoms with Crippen LogP contribution in [0.5, 0.6) is 5.75 Å². The highest BCUT2D eigenvalue weighted by atomic mass is 32.2. The second kappa shape index (κ2) is 12.7. The first-order valence-electron chi connectivity index (χ1n) is 11.8. The van der Waals surface area contributed by atoms with Crippen LogP contribution in [0.4, 0.5) is 0 Å². The fourth-order valence-corrected chi connectivity index (χ4v) is 4.97. The second-order valence-corrected chi connectivity index (χ2v) is 9.85. The molecule has 0 saturated heterocycles. The molecule has 2 amide bonds. The van der Waals surface area contributed by atoms with Gasteiger partial charge in [-0.05, 0) is 49.9 Å². The molecule has 1 atom stereocenters. The van der Waals surface area contributed by atoms with E-state index >= 15 is 0 Å².